The van der Waals surface area contributed by atoms with Crippen LogP contribution in [-0.4, -0.2) is 17.0 Å². The average Bonchev–Trinajstić information content (AvgIpc) is 1.85. The fourth-order valence-electron chi connectivity index (χ4n) is 0. The van der Waals surface area contributed by atoms with Gasteiger partial charge in [0.2, 0.25) is 0 Å². The van der Waals surface area contributed by atoms with E-state index < -0.39 is 5.97 Å². The van der Waals surface area contributed by atoms with E-state index in [1.165, 1.54) is 12.1 Å². The SMILES string of the molecule is CC(=O)O.N#CC#N.N=C(N)N. The third kappa shape index (κ3) is 213. The molecule has 0 aliphatic heterocycles. The number of guanidine groups is 1. The van der Waals surface area contributed by atoms with E-state index >= 15 is 0 Å². The summed E-state index contributed by atoms with van der Waals surface area (Å²) in [6.45, 7) is 1.08. The highest BCUT2D eigenvalue weighted by molar-refractivity contribution is 5.71. The Morgan fingerprint density at radius 1 is 1.42 bits per heavy atom. The van der Waals surface area contributed by atoms with Gasteiger partial charge in [-0.1, -0.05) is 0 Å². The molecule has 7 heteroatoms. The number of carbonyl (C=O) groups is 1. The van der Waals surface area contributed by atoms with Crippen molar-refractivity contribution in [2.45, 2.75) is 6.92 Å². The van der Waals surface area contributed by atoms with Gasteiger partial charge in [-0.05, 0) is 0 Å². The van der Waals surface area contributed by atoms with Crippen LogP contribution < -0.4 is 11.5 Å². The van der Waals surface area contributed by atoms with Crippen LogP contribution in [0.5, 0.6) is 0 Å². The zero-order valence-corrected chi connectivity index (χ0v) is 6.40. The van der Waals surface area contributed by atoms with E-state index in [1.807, 2.05) is 0 Å². The van der Waals surface area contributed by atoms with E-state index in [0.717, 1.165) is 6.92 Å². The topological polar surface area (TPSA) is 161 Å². The Morgan fingerprint density at radius 2 is 1.50 bits per heavy atom. The van der Waals surface area contributed by atoms with E-state index in [9.17, 15) is 0 Å². The summed E-state index contributed by atoms with van der Waals surface area (Å²) in [5, 5.41) is 28.0. The summed E-state index contributed by atoms with van der Waals surface area (Å²) in [4.78, 5) is 9.00. The average molecular weight is 171 g/mol. The summed E-state index contributed by atoms with van der Waals surface area (Å²) in [6.07, 6.45) is 0. The third-order valence-electron chi connectivity index (χ3n) is 0.0500. The summed E-state index contributed by atoms with van der Waals surface area (Å²) < 4.78 is 0. The molecule has 0 radical (unpaired) electrons. The lowest BCUT2D eigenvalue weighted by molar-refractivity contribution is -0.134. The molecule has 0 aliphatic carbocycles. The first-order valence-corrected chi connectivity index (χ1v) is 2.45. The number of nitrogens with two attached hydrogens (primary N) is 2. The summed E-state index contributed by atoms with van der Waals surface area (Å²) in [5.41, 5.74) is 8.94. The largest absolute Gasteiger partial charge is 0.481 e. The molecule has 0 atom stereocenters. The number of nitrogens with one attached hydrogen (secondary N) is 1. The van der Waals surface area contributed by atoms with Crippen molar-refractivity contribution < 1.29 is 9.90 Å². The molecule has 0 heterocycles. The molecular formula is C5H9N5O2. The van der Waals surface area contributed by atoms with Crippen LogP contribution in [0.2, 0.25) is 0 Å². The van der Waals surface area contributed by atoms with Crippen LogP contribution in [-0.2, 0) is 4.79 Å². The number of hydrogen-bond donors (Lipinski definition) is 4. The van der Waals surface area contributed by atoms with Crippen molar-refractivity contribution in [3.05, 3.63) is 0 Å². The second-order valence-electron chi connectivity index (χ2n) is 1.20. The minimum absolute atomic E-state index is 0.333. The van der Waals surface area contributed by atoms with Crippen LogP contribution >= 0.6 is 0 Å². The van der Waals surface area contributed by atoms with Crippen molar-refractivity contribution >= 4 is 11.9 Å². The molecule has 7 nitrogen and oxygen atoms in total. The highest BCUT2D eigenvalue weighted by Gasteiger charge is 1.65. The molecule has 6 N–H and O–H groups in total. The number of nitriles is 2. The molecule has 12 heavy (non-hydrogen) atoms. The highest BCUT2D eigenvalue weighted by atomic mass is 16.4. The molecule has 0 aliphatic rings. The smallest absolute Gasteiger partial charge is 0.300 e. The fraction of sp³-hybridized carbons (Fsp3) is 0.200. The monoisotopic (exact) mass is 171 g/mol. The van der Waals surface area contributed by atoms with E-state index in [4.69, 9.17) is 25.8 Å². The Balaban J connectivity index is -0.000000101. The maximum absolute atomic E-state index is 9.00. The molecule has 0 bridgehead atoms. The predicted octanol–water partition coefficient (Wildman–Crippen LogP) is -1.04. The lowest BCUT2D eigenvalue weighted by Gasteiger charge is -1.69. The molecule has 0 saturated carbocycles. The minimum atomic E-state index is -0.833. The lowest BCUT2D eigenvalue weighted by Crippen LogP contribution is -2.20. The van der Waals surface area contributed by atoms with Gasteiger partial charge in [0, 0.05) is 6.92 Å². The van der Waals surface area contributed by atoms with Crippen LogP contribution in [0.1, 0.15) is 6.92 Å². The highest BCUT2D eigenvalue weighted by Crippen LogP contribution is 1.42. The molecule has 0 aromatic carbocycles. The maximum Gasteiger partial charge on any atom is 0.300 e. The van der Waals surface area contributed by atoms with Gasteiger partial charge < -0.3 is 16.6 Å². The molecule has 0 saturated heterocycles. The molecule has 0 aromatic rings. The van der Waals surface area contributed by atoms with Gasteiger partial charge in [0.05, 0.1) is 0 Å². The van der Waals surface area contributed by atoms with Gasteiger partial charge in [-0.2, -0.15) is 10.5 Å². The Labute approximate surface area is 69.3 Å². The molecular weight excluding hydrogens is 162 g/mol. The third-order valence-corrected chi connectivity index (χ3v) is 0.0500. The van der Waals surface area contributed by atoms with Crippen LogP contribution in [0.15, 0.2) is 0 Å². The first kappa shape index (κ1) is 16.4. The molecule has 66 valence electrons. The van der Waals surface area contributed by atoms with Crippen LogP contribution in [0.25, 0.3) is 0 Å². The van der Waals surface area contributed by atoms with Gasteiger partial charge in [0.15, 0.2) is 18.1 Å². The number of hydrogen-bond acceptors (Lipinski definition) is 4. The second-order valence-corrected chi connectivity index (χ2v) is 1.20. The zero-order chi connectivity index (χ0) is 10.6. The number of rotatable bonds is 0. The normalized spacial score (nSPS) is 4.92. The first-order valence-electron chi connectivity index (χ1n) is 2.45. The summed E-state index contributed by atoms with van der Waals surface area (Å²) in [6, 6.07) is 2.47. The number of carboxylic acids is 1. The summed E-state index contributed by atoms with van der Waals surface area (Å²) in [7, 11) is 0. The van der Waals surface area contributed by atoms with Crippen molar-refractivity contribution in [3.63, 3.8) is 0 Å². The van der Waals surface area contributed by atoms with Crippen LogP contribution in [0, 0.1) is 28.1 Å². The quantitative estimate of drug-likeness (QED) is 0.269. The van der Waals surface area contributed by atoms with Crippen molar-refractivity contribution in [2.24, 2.45) is 11.5 Å². The van der Waals surface area contributed by atoms with E-state index in [2.05, 4.69) is 11.5 Å². The van der Waals surface area contributed by atoms with E-state index in [1.54, 1.807) is 0 Å². The van der Waals surface area contributed by atoms with Crippen molar-refractivity contribution in [3.8, 4) is 12.1 Å². The minimum Gasteiger partial charge on any atom is -0.481 e. The predicted molar refractivity (Wildman–Crippen MR) is 40.6 cm³/mol. The molecule has 0 fully saturated rings. The van der Waals surface area contributed by atoms with Gasteiger partial charge in [0.25, 0.3) is 5.97 Å². The number of nitrogens with zero attached hydrogens (tertiary/aromatic N) is 2. The van der Waals surface area contributed by atoms with Crippen LogP contribution in [0.3, 0.4) is 0 Å². The number of carboxylic acid groups (broad SMARTS) is 1. The Hall–Kier alpha value is -2.28. The van der Waals surface area contributed by atoms with Crippen molar-refractivity contribution in [2.75, 3.05) is 0 Å². The maximum atomic E-state index is 9.00. The van der Waals surface area contributed by atoms with Gasteiger partial charge in [-0.25, -0.2) is 0 Å². The fourth-order valence-corrected chi connectivity index (χ4v) is 0. The summed E-state index contributed by atoms with van der Waals surface area (Å²) in [5.74, 6) is -1.17. The summed E-state index contributed by atoms with van der Waals surface area (Å²) >= 11 is 0. The first-order chi connectivity index (χ1) is 5.38. The van der Waals surface area contributed by atoms with Gasteiger partial charge in [0.1, 0.15) is 0 Å². The molecule has 0 aromatic heterocycles. The van der Waals surface area contributed by atoms with Crippen molar-refractivity contribution in [1.82, 2.24) is 0 Å². The Morgan fingerprint density at radius 3 is 1.50 bits per heavy atom. The standard InChI is InChI=1S/C2N2.C2H4O2.CH5N3/c3-1-2-4;1-2(3)4;2-1(3)4/h;1H3,(H,3,4);(H5,2,3,4). The van der Waals surface area contributed by atoms with Crippen LogP contribution in [0.4, 0.5) is 0 Å². The lowest BCUT2D eigenvalue weighted by atomic mass is 10.9. The van der Waals surface area contributed by atoms with E-state index in [0.29, 0.717) is 0 Å². The van der Waals surface area contributed by atoms with Crippen molar-refractivity contribution in [1.29, 1.82) is 15.9 Å². The second kappa shape index (κ2) is 15.9. The Kier molecular flexibility index (Phi) is 21.7. The molecule has 0 spiro atoms. The molecule has 0 unspecified atom stereocenters. The molecule has 0 rings (SSSR count). The number of aliphatic carboxylic acids is 1. The molecule has 0 amide bonds. The Bertz CT molecular complexity index is 179. The van der Waals surface area contributed by atoms with Gasteiger partial charge >= 0.3 is 0 Å². The van der Waals surface area contributed by atoms with E-state index in [-0.39, 0.29) is 5.96 Å². The van der Waals surface area contributed by atoms with Gasteiger partial charge in [-0.3, -0.25) is 10.2 Å². The van der Waals surface area contributed by atoms with Gasteiger partial charge in [-0.15, -0.1) is 0 Å². The zero-order valence-electron chi connectivity index (χ0n) is 6.40.